The fraction of sp³-hybridized carbons (Fsp3) is 0.308. The molecule has 0 amide bonds. The molecule has 0 aromatic heterocycles. The average Bonchev–Trinajstić information content (AvgIpc) is 2.82. The number of rotatable bonds is 2. The minimum absolute atomic E-state index is 0.337. The van der Waals surface area contributed by atoms with Gasteiger partial charge in [0, 0.05) is 12.0 Å². The Hall–Kier alpha value is -2.04. The predicted molar refractivity (Wildman–Crippen MR) is 59.6 cm³/mol. The van der Waals surface area contributed by atoms with Crippen LogP contribution in [0.1, 0.15) is 29.3 Å². The van der Waals surface area contributed by atoms with Crippen molar-refractivity contribution in [2.24, 2.45) is 0 Å². The van der Waals surface area contributed by atoms with Gasteiger partial charge < -0.3 is 14.2 Å². The van der Waals surface area contributed by atoms with Crippen molar-refractivity contribution in [2.75, 3.05) is 0 Å². The van der Waals surface area contributed by atoms with E-state index in [2.05, 4.69) is 0 Å². The van der Waals surface area contributed by atoms with Crippen LogP contribution >= 0.6 is 0 Å². The van der Waals surface area contributed by atoms with E-state index in [-0.39, 0.29) is 12.1 Å². The third kappa shape index (κ3) is 1.72. The normalized spacial score (nSPS) is 26.5. The van der Waals surface area contributed by atoms with E-state index in [0.29, 0.717) is 18.1 Å². The van der Waals surface area contributed by atoms with Crippen molar-refractivity contribution < 1.29 is 23.8 Å². The molecule has 2 aliphatic heterocycles. The molecule has 1 aromatic carbocycles. The standard InChI is InChI=1S/C13H11O5/c1-7-10(18-13(15)16-7)6-11-8-4-2-3-5-9(8)12(14)17-11/h2-5,7,10H,6H2,1H3. The van der Waals surface area contributed by atoms with Crippen molar-refractivity contribution in [3.05, 3.63) is 41.5 Å². The summed E-state index contributed by atoms with van der Waals surface area (Å²) in [4.78, 5) is 22.6. The molecule has 1 aromatic rings. The zero-order chi connectivity index (χ0) is 12.7. The van der Waals surface area contributed by atoms with Gasteiger partial charge in [-0.3, -0.25) is 0 Å². The minimum Gasteiger partial charge on any atom is -0.446 e. The summed E-state index contributed by atoms with van der Waals surface area (Å²) in [6, 6.07) is 7.15. The zero-order valence-corrected chi connectivity index (χ0v) is 9.71. The predicted octanol–water partition coefficient (Wildman–Crippen LogP) is 2.05. The van der Waals surface area contributed by atoms with Gasteiger partial charge in [-0.15, -0.1) is 0 Å². The summed E-state index contributed by atoms with van der Waals surface area (Å²) >= 11 is 0. The Morgan fingerprint density at radius 3 is 2.50 bits per heavy atom. The van der Waals surface area contributed by atoms with Crippen LogP contribution in [0.25, 0.3) is 0 Å². The maximum atomic E-state index is 11.6. The smallest absolute Gasteiger partial charge is 0.446 e. The molecule has 0 N–H and O–H groups in total. The Morgan fingerprint density at radius 1 is 1.11 bits per heavy atom. The van der Waals surface area contributed by atoms with Crippen LogP contribution in [0.2, 0.25) is 0 Å². The van der Waals surface area contributed by atoms with Crippen LogP contribution in [0.3, 0.4) is 0 Å². The van der Waals surface area contributed by atoms with Crippen molar-refractivity contribution in [1.29, 1.82) is 0 Å². The first-order valence-electron chi connectivity index (χ1n) is 5.70. The van der Waals surface area contributed by atoms with E-state index in [0.717, 1.165) is 5.56 Å². The Morgan fingerprint density at radius 2 is 1.83 bits per heavy atom. The second-order valence-corrected chi connectivity index (χ2v) is 4.29. The molecule has 18 heavy (non-hydrogen) atoms. The van der Waals surface area contributed by atoms with Crippen LogP contribution < -0.4 is 0 Å². The highest BCUT2D eigenvalue weighted by Gasteiger charge is 2.40. The maximum Gasteiger partial charge on any atom is 0.509 e. The number of cyclic esters (lactones) is 3. The second kappa shape index (κ2) is 4.01. The molecule has 1 fully saturated rings. The molecule has 2 heterocycles. The van der Waals surface area contributed by atoms with Crippen LogP contribution in [-0.2, 0) is 14.2 Å². The third-order valence-electron chi connectivity index (χ3n) is 3.10. The van der Waals surface area contributed by atoms with Crippen LogP contribution in [0.15, 0.2) is 24.3 Å². The second-order valence-electron chi connectivity index (χ2n) is 4.29. The van der Waals surface area contributed by atoms with E-state index in [1.807, 2.05) is 12.1 Å². The summed E-state index contributed by atoms with van der Waals surface area (Å²) in [5.74, 6) is -0.363. The van der Waals surface area contributed by atoms with Gasteiger partial charge in [0.15, 0.2) is 6.10 Å². The van der Waals surface area contributed by atoms with Gasteiger partial charge in [0.2, 0.25) is 0 Å². The molecule has 1 saturated heterocycles. The Bertz CT molecular complexity index is 510. The van der Waals surface area contributed by atoms with Gasteiger partial charge in [0.1, 0.15) is 12.2 Å². The molecule has 5 nitrogen and oxygen atoms in total. The first-order valence-corrected chi connectivity index (χ1v) is 5.70. The topological polar surface area (TPSA) is 61.8 Å². The van der Waals surface area contributed by atoms with Crippen molar-refractivity contribution in [2.45, 2.75) is 25.6 Å². The lowest BCUT2D eigenvalue weighted by Crippen LogP contribution is -2.22. The summed E-state index contributed by atoms with van der Waals surface area (Å²) in [5, 5.41) is 0. The SMILES string of the molecule is CC1OC(=O)OC1C[C]1OC(=O)c2ccccc21. The lowest BCUT2D eigenvalue weighted by molar-refractivity contribution is 0.0537. The van der Waals surface area contributed by atoms with Gasteiger partial charge in [-0.05, 0) is 13.0 Å². The molecule has 3 rings (SSSR count). The molecule has 93 valence electrons. The lowest BCUT2D eigenvalue weighted by atomic mass is 9.99. The minimum atomic E-state index is -0.675. The molecule has 0 spiro atoms. The number of carbonyl (C=O) groups excluding carboxylic acids is 2. The highest BCUT2D eigenvalue weighted by Crippen LogP contribution is 2.35. The van der Waals surface area contributed by atoms with Crippen molar-refractivity contribution in [3.63, 3.8) is 0 Å². The number of ether oxygens (including phenoxy) is 3. The number of fused-ring (bicyclic) bond motifs is 1. The molecule has 2 atom stereocenters. The van der Waals surface area contributed by atoms with Gasteiger partial charge in [-0.1, -0.05) is 18.2 Å². The van der Waals surface area contributed by atoms with E-state index in [1.165, 1.54) is 0 Å². The van der Waals surface area contributed by atoms with Crippen LogP contribution in [0.5, 0.6) is 0 Å². The van der Waals surface area contributed by atoms with E-state index in [4.69, 9.17) is 14.2 Å². The Kier molecular flexibility index (Phi) is 2.47. The van der Waals surface area contributed by atoms with Gasteiger partial charge in [0.25, 0.3) is 0 Å². The fourth-order valence-corrected chi connectivity index (χ4v) is 2.14. The summed E-state index contributed by atoms with van der Waals surface area (Å²) < 4.78 is 15.1. The van der Waals surface area contributed by atoms with Gasteiger partial charge in [-0.2, -0.15) is 0 Å². The van der Waals surface area contributed by atoms with Gasteiger partial charge >= 0.3 is 12.1 Å². The average molecular weight is 247 g/mol. The maximum absolute atomic E-state index is 11.6. The lowest BCUT2D eigenvalue weighted by Gasteiger charge is -2.14. The first kappa shape index (κ1) is 11.1. The first-order chi connectivity index (χ1) is 8.65. The molecular formula is C13H11O5. The van der Waals surface area contributed by atoms with Gasteiger partial charge in [0.05, 0.1) is 5.56 Å². The van der Waals surface area contributed by atoms with Crippen LogP contribution in [0.4, 0.5) is 4.79 Å². The molecule has 0 aliphatic carbocycles. The Labute approximate surface area is 104 Å². The van der Waals surface area contributed by atoms with E-state index >= 15 is 0 Å². The largest absolute Gasteiger partial charge is 0.509 e. The molecule has 2 aliphatic rings. The molecule has 0 saturated carbocycles. The number of benzene rings is 1. The number of carbonyl (C=O) groups is 2. The van der Waals surface area contributed by atoms with Crippen LogP contribution in [-0.4, -0.2) is 24.3 Å². The number of hydrogen-bond donors (Lipinski definition) is 0. The van der Waals surface area contributed by atoms with E-state index in [1.54, 1.807) is 19.1 Å². The van der Waals surface area contributed by atoms with E-state index < -0.39 is 12.3 Å². The van der Waals surface area contributed by atoms with E-state index in [9.17, 15) is 9.59 Å². The molecule has 1 radical (unpaired) electrons. The fourth-order valence-electron chi connectivity index (χ4n) is 2.14. The Balaban J connectivity index is 1.79. The highest BCUT2D eigenvalue weighted by atomic mass is 16.8. The summed E-state index contributed by atoms with van der Waals surface area (Å²) in [6.07, 6.45) is -0.547. The number of esters is 1. The summed E-state index contributed by atoms with van der Waals surface area (Å²) in [6.45, 7) is 1.75. The van der Waals surface area contributed by atoms with Crippen LogP contribution in [0, 0.1) is 6.10 Å². The highest BCUT2D eigenvalue weighted by molar-refractivity contribution is 5.95. The monoisotopic (exact) mass is 247 g/mol. The summed E-state index contributed by atoms with van der Waals surface area (Å²) in [5.41, 5.74) is 1.31. The van der Waals surface area contributed by atoms with Crippen molar-refractivity contribution in [1.82, 2.24) is 0 Å². The molecule has 5 heteroatoms. The molecule has 0 bridgehead atoms. The third-order valence-corrected chi connectivity index (χ3v) is 3.10. The molecular weight excluding hydrogens is 236 g/mol. The van der Waals surface area contributed by atoms with Gasteiger partial charge in [-0.25, -0.2) is 9.59 Å². The summed E-state index contributed by atoms with van der Waals surface area (Å²) in [7, 11) is 0. The molecule has 2 unspecified atom stereocenters. The van der Waals surface area contributed by atoms with Crippen molar-refractivity contribution in [3.8, 4) is 0 Å². The number of hydrogen-bond acceptors (Lipinski definition) is 5. The van der Waals surface area contributed by atoms with Crippen molar-refractivity contribution >= 4 is 12.1 Å². The quantitative estimate of drug-likeness (QED) is 0.748. The zero-order valence-electron chi connectivity index (χ0n) is 9.71.